The normalized spacial score (nSPS) is 16.6. The lowest BCUT2D eigenvalue weighted by atomic mass is 10.0. The number of hydrogen-bond acceptors (Lipinski definition) is 4. The van der Waals surface area contributed by atoms with E-state index in [2.05, 4.69) is 29.4 Å². The zero-order valence-corrected chi connectivity index (χ0v) is 16.0. The Balaban J connectivity index is 1.60. The van der Waals surface area contributed by atoms with E-state index in [-0.39, 0.29) is 18.2 Å². The number of rotatable bonds is 3. The van der Waals surface area contributed by atoms with Gasteiger partial charge in [-0.1, -0.05) is 32.0 Å². The van der Waals surface area contributed by atoms with E-state index in [0.717, 1.165) is 16.5 Å². The van der Waals surface area contributed by atoms with Crippen LogP contribution in [0.1, 0.15) is 35.8 Å². The van der Waals surface area contributed by atoms with Crippen molar-refractivity contribution in [2.24, 2.45) is 0 Å². The summed E-state index contributed by atoms with van der Waals surface area (Å²) in [7, 11) is 1.67. The molecule has 3 aromatic rings. The minimum Gasteiger partial charge on any atom is -0.489 e. The van der Waals surface area contributed by atoms with Crippen LogP contribution in [0.15, 0.2) is 42.5 Å². The van der Waals surface area contributed by atoms with Crippen LogP contribution in [0.25, 0.3) is 10.9 Å². The smallest absolute Gasteiger partial charge is 0.273 e. The summed E-state index contributed by atoms with van der Waals surface area (Å²) in [5, 5.41) is 10.6. The summed E-state index contributed by atoms with van der Waals surface area (Å²) in [5.74, 6) is 0.301. The van der Waals surface area contributed by atoms with E-state index in [1.807, 2.05) is 36.4 Å². The molecule has 144 valence electrons. The standard InChI is InChI=1S/C21H22N4O3/c1-12(2)13-8-9-15-14(10-13)19(24-23-15)20(26)22-16-11-28-18-7-5-4-6-17(18)25(3)21(16)27/h4-10,12,16H,11H2,1-3H3,(H,22,26)(H,23,24)/t16-/m0/s1. The molecule has 28 heavy (non-hydrogen) atoms. The number of benzene rings is 2. The zero-order chi connectivity index (χ0) is 19.8. The minimum atomic E-state index is -0.801. The number of carbonyl (C=O) groups excluding carboxylic acids is 2. The van der Waals surface area contributed by atoms with Gasteiger partial charge >= 0.3 is 0 Å². The van der Waals surface area contributed by atoms with Crippen molar-refractivity contribution in [2.75, 3.05) is 18.6 Å². The van der Waals surface area contributed by atoms with Crippen molar-refractivity contribution in [3.63, 3.8) is 0 Å². The molecule has 0 bridgehead atoms. The van der Waals surface area contributed by atoms with Crippen molar-refractivity contribution in [1.82, 2.24) is 15.5 Å². The van der Waals surface area contributed by atoms with Crippen molar-refractivity contribution in [1.29, 1.82) is 0 Å². The van der Waals surface area contributed by atoms with Crippen LogP contribution in [-0.2, 0) is 4.79 Å². The largest absolute Gasteiger partial charge is 0.489 e. The number of hydrogen-bond donors (Lipinski definition) is 2. The Morgan fingerprint density at radius 3 is 2.86 bits per heavy atom. The molecule has 0 saturated heterocycles. The number of likely N-dealkylation sites (N-methyl/N-ethyl adjacent to an activating group) is 1. The van der Waals surface area contributed by atoms with E-state index in [1.54, 1.807) is 13.1 Å². The molecular formula is C21H22N4O3. The van der Waals surface area contributed by atoms with Crippen LogP contribution < -0.4 is 15.0 Å². The molecule has 0 fully saturated rings. The van der Waals surface area contributed by atoms with E-state index < -0.39 is 11.9 Å². The number of carbonyl (C=O) groups is 2. The van der Waals surface area contributed by atoms with E-state index in [1.165, 1.54) is 4.90 Å². The van der Waals surface area contributed by atoms with Crippen molar-refractivity contribution in [3.8, 4) is 5.75 Å². The molecule has 2 N–H and O–H groups in total. The van der Waals surface area contributed by atoms with Crippen LogP contribution >= 0.6 is 0 Å². The maximum Gasteiger partial charge on any atom is 0.273 e. The van der Waals surface area contributed by atoms with E-state index >= 15 is 0 Å². The minimum absolute atomic E-state index is 0.0610. The lowest BCUT2D eigenvalue weighted by Crippen LogP contribution is -2.49. The van der Waals surface area contributed by atoms with Gasteiger partial charge in [0.25, 0.3) is 11.8 Å². The third-order valence-electron chi connectivity index (χ3n) is 5.03. The van der Waals surface area contributed by atoms with Gasteiger partial charge in [0.1, 0.15) is 18.4 Å². The number of nitrogens with one attached hydrogen (secondary N) is 2. The van der Waals surface area contributed by atoms with Crippen molar-refractivity contribution >= 4 is 28.4 Å². The predicted octanol–water partition coefficient (Wildman–Crippen LogP) is 2.84. The Kier molecular flexibility index (Phi) is 4.50. The first kappa shape index (κ1) is 18.0. The average molecular weight is 378 g/mol. The Hall–Kier alpha value is -3.35. The SMILES string of the molecule is CC(C)c1ccc2[nH]nc(C(=O)N[C@H]3COc4ccccc4N(C)C3=O)c2c1. The Bertz CT molecular complexity index is 1060. The molecule has 1 aliphatic heterocycles. The van der Waals surface area contributed by atoms with Crippen LogP contribution in [0.3, 0.4) is 0 Å². The highest BCUT2D eigenvalue weighted by atomic mass is 16.5. The van der Waals surface area contributed by atoms with E-state index in [4.69, 9.17) is 4.74 Å². The fraction of sp³-hybridized carbons (Fsp3) is 0.286. The van der Waals surface area contributed by atoms with Gasteiger partial charge in [-0.25, -0.2) is 0 Å². The molecule has 0 saturated carbocycles. The van der Waals surface area contributed by atoms with Crippen molar-refractivity contribution in [3.05, 3.63) is 53.7 Å². The molecular weight excluding hydrogens is 356 g/mol. The van der Waals surface area contributed by atoms with Gasteiger partial charge in [-0.2, -0.15) is 5.10 Å². The monoisotopic (exact) mass is 378 g/mol. The van der Waals surface area contributed by atoms with Gasteiger partial charge in [0.15, 0.2) is 5.69 Å². The first-order valence-electron chi connectivity index (χ1n) is 9.24. The number of H-pyrrole nitrogens is 1. The Labute approximate surface area is 162 Å². The molecule has 0 spiro atoms. The zero-order valence-electron chi connectivity index (χ0n) is 16.0. The number of nitrogens with zero attached hydrogens (tertiary/aromatic N) is 2. The van der Waals surface area contributed by atoms with Gasteiger partial charge in [-0.15, -0.1) is 0 Å². The van der Waals surface area contributed by atoms with Gasteiger partial charge in [0.2, 0.25) is 0 Å². The summed E-state index contributed by atoms with van der Waals surface area (Å²) in [6.45, 7) is 4.25. The lowest BCUT2D eigenvalue weighted by molar-refractivity contribution is -0.120. The van der Waals surface area contributed by atoms with Crippen LogP contribution in [0.4, 0.5) is 5.69 Å². The van der Waals surface area contributed by atoms with Crippen LogP contribution in [0.5, 0.6) is 5.75 Å². The van der Waals surface area contributed by atoms with Crippen LogP contribution in [-0.4, -0.2) is 41.7 Å². The first-order valence-corrected chi connectivity index (χ1v) is 9.24. The predicted molar refractivity (Wildman–Crippen MR) is 107 cm³/mol. The molecule has 1 atom stereocenters. The molecule has 2 amide bonds. The van der Waals surface area contributed by atoms with Gasteiger partial charge in [0.05, 0.1) is 11.2 Å². The summed E-state index contributed by atoms with van der Waals surface area (Å²) in [6.07, 6.45) is 0. The molecule has 0 aliphatic carbocycles. The molecule has 1 aliphatic rings. The van der Waals surface area contributed by atoms with E-state index in [0.29, 0.717) is 17.4 Å². The second-order valence-electron chi connectivity index (χ2n) is 7.23. The van der Waals surface area contributed by atoms with Crippen LogP contribution in [0, 0.1) is 0 Å². The van der Waals surface area contributed by atoms with Crippen molar-refractivity contribution < 1.29 is 14.3 Å². The average Bonchev–Trinajstić information content (AvgIpc) is 3.08. The fourth-order valence-electron chi connectivity index (χ4n) is 3.35. The lowest BCUT2D eigenvalue weighted by Gasteiger charge is -2.20. The second kappa shape index (κ2) is 6.99. The van der Waals surface area contributed by atoms with Gasteiger partial charge in [-0.05, 0) is 35.7 Å². The van der Waals surface area contributed by atoms with Gasteiger partial charge < -0.3 is 15.0 Å². The number of fused-ring (bicyclic) bond motifs is 2. The van der Waals surface area contributed by atoms with Crippen LogP contribution in [0.2, 0.25) is 0 Å². The Morgan fingerprint density at radius 2 is 2.07 bits per heavy atom. The highest BCUT2D eigenvalue weighted by Crippen LogP contribution is 2.30. The molecule has 7 heteroatoms. The summed E-state index contributed by atoms with van der Waals surface area (Å²) < 4.78 is 5.75. The number of anilines is 1. The molecule has 7 nitrogen and oxygen atoms in total. The number of para-hydroxylation sites is 2. The molecule has 4 rings (SSSR count). The molecule has 1 aromatic heterocycles. The summed E-state index contributed by atoms with van der Waals surface area (Å²) >= 11 is 0. The van der Waals surface area contributed by atoms with Gasteiger partial charge in [0, 0.05) is 12.4 Å². The number of ether oxygens (including phenoxy) is 1. The number of aromatic nitrogens is 2. The maximum absolute atomic E-state index is 12.9. The topological polar surface area (TPSA) is 87.3 Å². The van der Waals surface area contributed by atoms with E-state index in [9.17, 15) is 9.59 Å². The third kappa shape index (κ3) is 3.09. The second-order valence-corrected chi connectivity index (χ2v) is 7.23. The number of aromatic amines is 1. The highest BCUT2D eigenvalue weighted by Gasteiger charge is 2.31. The quantitative estimate of drug-likeness (QED) is 0.734. The third-order valence-corrected chi connectivity index (χ3v) is 5.03. The summed E-state index contributed by atoms with van der Waals surface area (Å²) in [5.41, 5.74) is 2.85. The fourth-order valence-corrected chi connectivity index (χ4v) is 3.35. The molecule has 0 unspecified atom stereocenters. The molecule has 2 heterocycles. The number of amides is 2. The van der Waals surface area contributed by atoms with Crippen molar-refractivity contribution in [2.45, 2.75) is 25.8 Å². The highest BCUT2D eigenvalue weighted by molar-refractivity contribution is 6.08. The molecule has 0 radical (unpaired) electrons. The summed E-state index contributed by atoms with van der Waals surface area (Å²) in [6, 6.07) is 12.4. The van der Waals surface area contributed by atoms with Gasteiger partial charge in [-0.3, -0.25) is 14.7 Å². The molecule has 2 aromatic carbocycles. The Morgan fingerprint density at radius 1 is 1.29 bits per heavy atom. The maximum atomic E-state index is 12.9. The first-order chi connectivity index (χ1) is 13.5. The summed E-state index contributed by atoms with van der Waals surface area (Å²) in [4.78, 5) is 27.2.